The minimum atomic E-state index is -0.135. The van der Waals surface area contributed by atoms with Gasteiger partial charge in [-0.25, -0.2) is 0 Å². The smallest absolute Gasteiger partial charge is 0.0678 e. The normalized spacial score (nSPS) is 30.2. The van der Waals surface area contributed by atoms with Gasteiger partial charge >= 0.3 is 0 Å². The molecular formula is C13H28N2O2. The monoisotopic (exact) mass is 244 g/mol. The zero-order valence-electron chi connectivity index (χ0n) is 11.7. The van der Waals surface area contributed by atoms with E-state index in [0.717, 1.165) is 32.5 Å². The molecule has 3 atom stereocenters. The SMILES string of the molecule is CNC(C)(CO)CCCN1C[C@@H](C)O[C@@H](C)C1. The lowest BCUT2D eigenvalue weighted by Crippen LogP contribution is -2.47. The number of nitrogens with zero attached hydrogens (tertiary/aromatic N) is 1. The van der Waals surface area contributed by atoms with Crippen molar-refractivity contribution in [3.8, 4) is 0 Å². The molecule has 1 aliphatic rings. The number of likely N-dealkylation sites (N-methyl/N-ethyl adjacent to an activating group) is 1. The standard InChI is InChI=1S/C13H28N2O2/c1-11-8-15(9-12(2)17-11)7-5-6-13(3,10-16)14-4/h11-12,14,16H,5-10H2,1-4H3/t11-,12+,13?. The lowest BCUT2D eigenvalue weighted by Gasteiger charge is -2.36. The van der Waals surface area contributed by atoms with Gasteiger partial charge in [-0.05, 0) is 47.2 Å². The van der Waals surface area contributed by atoms with Crippen LogP contribution in [0.1, 0.15) is 33.6 Å². The van der Waals surface area contributed by atoms with Crippen LogP contribution in [-0.2, 0) is 4.74 Å². The first-order valence-electron chi connectivity index (χ1n) is 6.66. The summed E-state index contributed by atoms with van der Waals surface area (Å²) in [5, 5.41) is 12.5. The number of morpholine rings is 1. The second-order valence-corrected chi connectivity index (χ2v) is 5.59. The Morgan fingerprint density at radius 3 is 2.41 bits per heavy atom. The van der Waals surface area contributed by atoms with Gasteiger partial charge in [0, 0.05) is 18.6 Å². The van der Waals surface area contributed by atoms with Gasteiger partial charge in [0.2, 0.25) is 0 Å². The highest BCUT2D eigenvalue weighted by atomic mass is 16.5. The fourth-order valence-corrected chi connectivity index (χ4v) is 2.44. The largest absolute Gasteiger partial charge is 0.394 e. The lowest BCUT2D eigenvalue weighted by molar-refractivity contribution is -0.0685. The van der Waals surface area contributed by atoms with Crippen LogP contribution in [0.3, 0.4) is 0 Å². The predicted molar refractivity (Wildman–Crippen MR) is 70.2 cm³/mol. The maximum absolute atomic E-state index is 9.31. The first-order chi connectivity index (χ1) is 7.99. The van der Waals surface area contributed by atoms with E-state index in [1.807, 2.05) is 7.05 Å². The third kappa shape index (κ3) is 4.92. The summed E-state index contributed by atoms with van der Waals surface area (Å²) in [4.78, 5) is 2.46. The van der Waals surface area contributed by atoms with Gasteiger partial charge in [-0.1, -0.05) is 0 Å². The highest BCUT2D eigenvalue weighted by molar-refractivity contribution is 4.81. The number of hydrogen-bond donors (Lipinski definition) is 2. The summed E-state index contributed by atoms with van der Waals surface area (Å²) in [6, 6.07) is 0. The second kappa shape index (κ2) is 6.69. The molecule has 0 bridgehead atoms. The van der Waals surface area contributed by atoms with Gasteiger partial charge < -0.3 is 15.2 Å². The first kappa shape index (κ1) is 14.9. The highest BCUT2D eigenvalue weighted by Gasteiger charge is 2.24. The van der Waals surface area contributed by atoms with Crippen molar-refractivity contribution in [1.82, 2.24) is 10.2 Å². The first-order valence-corrected chi connectivity index (χ1v) is 6.66. The molecule has 0 spiro atoms. The molecule has 0 amide bonds. The van der Waals surface area contributed by atoms with E-state index in [4.69, 9.17) is 4.74 Å². The maximum atomic E-state index is 9.31. The number of ether oxygens (including phenoxy) is 1. The van der Waals surface area contributed by atoms with E-state index < -0.39 is 0 Å². The molecule has 0 aromatic heterocycles. The Hall–Kier alpha value is -0.160. The topological polar surface area (TPSA) is 44.7 Å². The molecule has 1 fully saturated rings. The van der Waals surface area contributed by atoms with Crippen LogP contribution in [0.5, 0.6) is 0 Å². The number of rotatable bonds is 6. The van der Waals surface area contributed by atoms with Crippen molar-refractivity contribution in [3.63, 3.8) is 0 Å². The molecule has 17 heavy (non-hydrogen) atoms. The molecule has 1 saturated heterocycles. The Kier molecular flexibility index (Phi) is 5.86. The van der Waals surface area contributed by atoms with Gasteiger partial charge in [0.1, 0.15) is 0 Å². The molecule has 0 radical (unpaired) electrons. The molecule has 0 aliphatic carbocycles. The van der Waals surface area contributed by atoms with Crippen LogP contribution >= 0.6 is 0 Å². The van der Waals surface area contributed by atoms with Gasteiger partial charge in [-0.3, -0.25) is 4.90 Å². The van der Waals surface area contributed by atoms with Gasteiger partial charge in [0.05, 0.1) is 18.8 Å². The lowest BCUT2D eigenvalue weighted by atomic mass is 9.97. The van der Waals surface area contributed by atoms with Gasteiger partial charge in [0.25, 0.3) is 0 Å². The molecule has 1 rings (SSSR count). The van der Waals surface area contributed by atoms with Crippen LogP contribution in [0, 0.1) is 0 Å². The van der Waals surface area contributed by atoms with Crippen LogP contribution in [0.25, 0.3) is 0 Å². The summed E-state index contributed by atoms with van der Waals surface area (Å²) in [6.07, 6.45) is 2.79. The van der Waals surface area contributed by atoms with Gasteiger partial charge in [0.15, 0.2) is 0 Å². The number of aliphatic hydroxyl groups excluding tert-OH is 1. The minimum Gasteiger partial charge on any atom is -0.394 e. The zero-order chi connectivity index (χ0) is 12.9. The Bertz CT molecular complexity index is 209. The molecule has 4 heteroatoms. The molecular weight excluding hydrogens is 216 g/mol. The Morgan fingerprint density at radius 1 is 1.35 bits per heavy atom. The van der Waals surface area contributed by atoms with Crippen molar-refractivity contribution >= 4 is 0 Å². The van der Waals surface area contributed by atoms with E-state index in [-0.39, 0.29) is 12.1 Å². The van der Waals surface area contributed by atoms with E-state index in [2.05, 4.69) is 31.0 Å². The quantitative estimate of drug-likeness (QED) is 0.727. The summed E-state index contributed by atoms with van der Waals surface area (Å²) in [5.74, 6) is 0. The van der Waals surface area contributed by atoms with Crippen LogP contribution in [0.2, 0.25) is 0 Å². The maximum Gasteiger partial charge on any atom is 0.0678 e. The van der Waals surface area contributed by atoms with Crippen molar-refractivity contribution < 1.29 is 9.84 Å². The molecule has 1 aliphatic heterocycles. The molecule has 0 aromatic rings. The molecule has 2 N–H and O–H groups in total. The van der Waals surface area contributed by atoms with E-state index in [0.29, 0.717) is 12.2 Å². The molecule has 4 nitrogen and oxygen atoms in total. The Labute approximate surface area is 105 Å². The number of nitrogens with one attached hydrogen (secondary N) is 1. The second-order valence-electron chi connectivity index (χ2n) is 5.59. The summed E-state index contributed by atoms with van der Waals surface area (Å²) in [6.45, 7) is 9.67. The van der Waals surface area contributed by atoms with E-state index >= 15 is 0 Å². The van der Waals surface area contributed by atoms with Gasteiger partial charge in [-0.15, -0.1) is 0 Å². The third-order valence-corrected chi connectivity index (χ3v) is 3.65. The average molecular weight is 244 g/mol. The van der Waals surface area contributed by atoms with Crippen molar-refractivity contribution in [2.24, 2.45) is 0 Å². The Balaban J connectivity index is 2.26. The van der Waals surface area contributed by atoms with Crippen LogP contribution < -0.4 is 5.32 Å². The van der Waals surface area contributed by atoms with Gasteiger partial charge in [-0.2, -0.15) is 0 Å². The van der Waals surface area contributed by atoms with E-state index in [1.165, 1.54) is 0 Å². The summed E-state index contributed by atoms with van der Waals surface area (Å²) in [7, 11) is 1.91. The van der Waals surface area contributed by atoms with E-state index in [1.54, 1.807) is 0 Å². The number of aliphatic hydroxyl groups is 1. The van der Waals surface area contributed by atoms with E-state index in [9.17, 15) is 5.11 Å². The molecule has 1 unspecified atom stereocenters. The van der Waals surface area contributed by atoms with Crippen molar-refractivity contribution in [2.75, 3.05) is 33.3 Å². The minimum absolute atomic E-state index is 0.135. The van der Waals surface area contributed by atoms with Crippen molar-refractivity contribution in [2.45, 2.75) is 51.4 Å². The van der Waals surface area contributed by atoms with Crippen molar-refractivity contribution in [1.29, 1.82) is 0 Å². The van der Waals surface area contributed by atoms with Crippen molar-refractivity contribution in [3.05, 3.63) is 0 Å². The predicted octanol–water partition coefficient (Wildman–Crippen LogP) is 0.846. The van der Waals surface area contributed by atoms with Crippen LogP contribution in [0.4, 0.5) is 0 Å². The zero-order valence-corrected chi connectivity index (χ0v) is 11.7. The average Bonchev–Trinajstić information content (AvgIpc) is 2.27. The fourth-order valence-electron chi connectivity index (χ4n) is 2.44. The number of hydrogen-bond acceptors (Lipinski definition) is 4. The summed E-state index contributed by atoms with van der Waals surface area (Å²) in [5.41, 5.74) is -0.135. The van der Waals surface area contributed by atoms with Crippen LogP contribution in [-0.4, -0.2) is 61.0 Å². The Morgan fingerprint density at radius 2 is 1.94 bits per heavy atom. The molecule has 102 valence electrons. The summed E-state index contributed by atoms with van der Waals surface area (Å²) >= 11 is 0. The highest BCUT2D eigenvalue weighted by Crippen LogP contribution is 2.14. The molecule has 0 saturated carbocycles. The summed E-state index contributed by atoms with van der Waals surface area (Å²) < 4.78 is 5.71. The third-order valence-electron chi connectivity index (χ3n) is 3.65. The molecule has 1 heterocycles. The fraction of sp³-hybridized carbons (Fsp3) is 1.00. The molecule has 0 aromatic carbocycles. The van der Waals surface area contributed by atoms with Crippen LogP contribution in [0.15, 0.2) is 0 Å².